The van der Waals surface area contributed by atoms with Crippen LogP contribution in [-0.4, -0.2) is 25.4 Å². The molecule has 0 spiro atoms. The number of imidazole rings is 1. The number of nitrogens with one attached hydrogen (secondary N) is 1. The van der Waals surface area contributed by atoms with E-state index in [2.05, 4.69) is 40.6 Å². The molecule has 6 heteroatoms. The second-order valence-electron chi connectivity index (χ2n) is 8.46. The number of aromatic nitrogens is 4. The van der Waals surface area contributed by atoms with E-state index >= 15 is 0 Å². The van der Waals surface area contributed by atoms with Crippen molar-refractivity contribution in [2.75, 3.05) is 5.32 Å². The molecular weight excluding hydrogens is 338 g/mol. The first-order valence-electron chi connectivity index (χ1n) is 9.50. The highest BCUT2D eigenvalue weighted by Gasteiger charge is 2.27. The molecule has 3 aromatic rings. The molecule has 1 amide bonds. The Morgan fingerprint density at radius 1 is 1.22 bits per heavy atom. The topological polar surface area (TPSA) is 72.7 Å². The van der Waals surface area contributed by atoms with E-state index in [0.717, 1.165) is 35.3 Å². The van der Waals surface area contributed by atoms with Crippen molar-refractivity contribution in [3.8, 4) is 11.3 Å². The predicted molar refractivity (Wildman–Crippen MR) is 106 cm³/mol. The fourth-order valence-corrected chi connectivity index (χ4v) is 3.38. The highest BCUT2D eigenvalue weighted by atomic mass is 16.1. The molecule has 6 nitrogen and oxygen atoms in total. The molecule has 1 aliphatic rings. The van der Waals surface area contributed by atoms with Gasteiger partial charge in [-0.2, -0.15) is 0 Å². The first-order chi connectivity index (χ1) is 12.9. The molecule has 0 aliphatic heterocycles. The fourth-order valence-electron chi connectivity index (χ4n) is 3.38. The van der Waals surface area contributed by atoms with Gasteiger partial charge >= 0.3 is 0 Å². The number of fused-ring (bicyclic) bond motifs is 1. The number of hydrogen-bond donors (Lipinski definition) is 1. The number of hydrogen-bond acceptors (Lipinski definition) is 4. The summed E-state index contributed by atoms with van der Waals surface area (Å²) in [6.07, 6.45) is 7.39. The van der Waals surface area contributed by atoms with E-state index in [0.29, 0.717) is 18.4 Å². The summed E-state index contributed by atoms with van der Waals surface area (Å²) < 4.78 is 2.11. The minimum absolute atomic E-state index is 0.00846. The maximum atomic E-state index is 12.5. The summed E-state index contributed by atoms with van der Waals surface area (Å²) in [5.41, 5.74) is 3.40. The lowest BCUT2D eigenvalue weighted by Gasteiger charge is -2.28. The van der Waals surface area contributed by atoms with E-state index in [1.807, 2.05) is 30.5 Å². The molecule has 0 aromatic carbocycles. The zero-order chi connectivity index (χ0) is 19.0. The van der Waals surface area contributed by atoms with Gasteiger partial charge in [-0.3, -0.25) is 19.7 Å². The highest BCUT2D eigenvalue weighted by Crippen LogP contribution is 2.37. The molecule has 1 fully saturated rings. The van der Waals surface area contributed by atoms with E-state index in [1.165, 1.54) is 6.42 Å². The number of nitrogens with zero attached hydrogens (tertiary/aromatic N) is 4. The Balaban J connectivity index is 1.74. The van der Waals surface area contributed by atoms with Crippen LogP contribution >= 0.6 is 0 Å². The van der Waals surface area contributed by atoms with Gasteiger partial charge in [-0.1, -0.05) is 20.8 Å². The standard InChI is InChI=1S/C21H25N5O/c1-21(2,3)12-18(27)25-20-24-17-10-9-16(14-6-5-11-22-13-14)23-19(17)26(20)15-7-4-8-15/h5-6,9-11,13,15H,4,7-8,12H2,1-3H3,(H,24,25,27). The second-order valence-corrected chi connectivity index (χ2v) is 8.46. The SMILES string of the molecule is CC(C)(C)CC(=O)Nc1nc2ccc(-c3cccnc3)nc2n1C1CCC1. The van der Waals surface area contributed by atoms with Crippen LogP contribution in [0.15, 0.2) is 36.7 Å². The van der Waals surface area contributed by atoms with Gasteiger partial charge in [0.1, 0.15) is 5.52 Å². The van der Waals surface area contributed by atoms with Crippen molar-refractivity contribution >= 4 is 23.0 Å². The molecule has 0 bridgehead atoms. The van der Waals surface area contributed by atoms with Gasteiger partial charge < -0.3 is 0 Å². The molecule has 0 radical (unpaired) electrons. The molecule has 140 valence electrons. The van der Waals surface area contributed by atoms with Crippen LogP contribution in [-0.2, 0) is 4.79 Å². The molecule has 0 saturated heterocycles. The third-order valence-electron chi connectivity index (χ3n) is 4.88. The van der Waals surface area contributed by atoms with E-state index in [4.69, 9.17) is 4.98 Å². The Morgan fingerprint density at radius 2 is 2.04 bits per heavy atom. The third kappa shape index (κ3) is 3.70. The summed E-state index contributed by atoms with van der Waals surface area (Å²) in [4.78, 5) is 26.2. The van der Waals surface area contributed by atoms with Crippen LogP contribution in [0, 0.1) is 5.41 Å². The summed E-state index contributed by atoms with van der Waals surface area (Å²) in [7, 11) is 0. The molecule has 4 rings (SSSR count). The first kappa shape index (κ1) is 17.6. The zero-order valence-electron chi connectivity index (χ0n) is 16.1. The predicted octanol–water partition coefficient (Wildman–Crippen LogP) is 4.59. The van der Waals surface area contributed by atoms with E-state index in [9.17, 15) is 4.79 Å². The zero-order valence-corrected chi connectivity index (χ0v) is 16.1. The molecule has 27 heavy (non-hydrogen) atoms. The summed E-state index contributed by atoms with van der Waals surface area (Å²) in [6.45, 7) is 6.18. The van der Waals surface area contributed by atoms with Crippen LogP contribution in [0.5, 0.6) is 0 Å². The van der Waals surface area contributed by atoms with Gasteiger partial charge in [0.15, 0.2) is 5.65 Å². The van der Waals surface area contributed by atoms with Gasteiger partial charge in [-0.25, -0.2) is 9.97 Å². The lowest BCUT2D eigenvalue weighted by molar-refractivity contribution is -0.117. The molecule has 0 unspecified atom stereocenters. The second kappa shape index (κ2) is 6.76. The smallest absolute Gasteiger partial charge is 0.227 e. The maximum absolute atomic E-state index is 12.5. The number of carbonyl (C=O) groups excluding carboxylic acids is 1. The Bertz CT molecular complexity index is 967. The van der Waals surface area contributed by atoms with Crippen molar-refractivity contribution < 1.29 is 4.79 Å². The van der Waals surface area contributed by atoms with Gasteiger partial charge in [-0.15, -0.1) is 0 Å². The highest BCUT2D eigenvalue weighted by molar-refractivity contribution is 5.91. The minimum atomic E-state index is -0.0663. The Labute approximate surface area is 159 Å². The van der Waals surface area contributed by atoms with Crippen LogP contribution < -0.4 is 5.32 Å². The van der Waals surface area contributed by atoms with Crippen molar-refractivity contribution in [3.05, 3.63) is 36.7 Å². The van der Waals surface area contributed by atoms with Gasteiger partial charge in [0.2, 0.25) is 11.9 Å². The fraction of sp³-hybridized carbons (Fsp3) is 0.429. The molecule has 1 N–H and O–H groups in total. The van der Waals surface area contributed by atoms with Gasteiger partial charge in [0.05, 0.1) is 5.69 Å². The van der Waals surface area contributed by atoms with Gasteiger partial charge in [0.25, 0.3) is 0 Å². The summed E-state index contributed by atoms with van der Waals surface area (Å²) in [5, 5.41) is 3.03. The number of pyridine rings is 2. The number of rotatable bonds is 4. The Kier molecular flexibility index (Phi) is 4.42. The van der Waals surface area contributed by atoms with Crippen LogP contribution in [0.1, 0.15) is 52.5 Å². The van der Waals surface area contributed by atoms with Crippen LogP contribution in [0.2, 0.25) is 0 Å². The van der Waals surface area contributed by atoms with E-state index in [-0.39, 0.29) is 11.3 Å². The lowest BCUT2D eigenvalue weighted by atomic mass is 9.92. The van der Waals surface area contributed by atoms with E-state index in [1.54, 1.807) is 6.20 Å². The number of anilines is 1. The van der Waals surface area contributed by atoms with Crippen molar-refractivity contribution in [3.63, 3.8) is 0 Å². The maximum Gasteiger partial charge on any atom is 0.227 e. The van der Waals surface area contributed by atoms with Crippen molar-refractivity contribution in [1.82, 2.24) is 19.5 Å². The largest absolute Gasteiger partial charge is 0.296 e. The Hall–Kier alpha value is -2.76. The third-order valence-corrected chi connectivity index (χ3v) is 4.88. The molecule has 1 saturated carbocycles. The van der Waals surface area contributed by atoms with Crippen LogP contribution in [0.3, 0.4) is 0 Å². The number of amides is 1. The molecule has 3 aromatic heterocycles. The average molecular weight is 363 g/mol. The Morgan fingerprint density at radius 3 is 2.67 bits per heavy atom. The summed E-state index contributed by atoms with van der Waals surface area (Å²) in [6, 6.07) is 8.17. The van der Waals surface area contributed by atoms with Crippen molar-refractivity contribution in [1.29, 1.82) is 0 Å². The van der Waals surface area contributed by atoms with Gasteiger partial charge in [-0.05, 0) is 48.9 Å². The average Bonchev–Trinajstić information content (AvgIpc) is 2.89. The normalized spacial score (nSPS) is 14.9. The quantitative estimate of drug-likeness (QED) is 0.735. The van der Waals surface area contributed by atoms with Crippen molar-refractivity contribution in [2.24, 2.45) is 5.41 Å². The first-order valence-corrected chi connectivity index (χ1v) is 9.50. The monoisotopic (exact) mass is 363 g/mol. The lowest BCUT2D eigenvalue weighted by Crippen LogP contribution is -2.24. The molecular formula is C21H25N5O. The molecule has 3 heterocycles. The van der Waals surface area contributed by atoms with Gasteiger partial charge in [0, 0.05) is 30.4 Å². The van der Waals surface area contributed by atoms with Crippen LogP contribution in [0.4, 0.5) is 5.95 Å². The summed E-state index contributed by atoms with van der Waals surface area (Å²) >= 11 is 0. The minimum Gasteiger partial charge on any atom is -0.296 e. The molecule has 0 atom stereocenters. The summed E-state index contributed by atoms with van der Waals surface area (Å²) in [5.74, 6) is 0.602. The van der Waals surface area contributed by atoms with E-state index < -0.39 is 0 Å². The number of carbonyl (C=O) groups is 1. The van der Waals surface area contributed by atoms with Crippen molar-refractivity contribution in [2.45, 2.75) is 52.5 Å². The van der Waals surface area contributed by atoms with Crippen LogP contribution in [0.25, 0.3) is 22.4 Å². The molecule has 1 aliphatic carbocycles.